The number of aromatic nitrogens is 7. The second-order valence-corrected chi connectivity index (χ2v) is 23.8. The zero-order chi connectivity index (χ0) is 57.9. The summed E-state index contributed by atoms with van der Waals surface area (Å²) >= 11 is 6.65. The monoisotopic (exact) mass is 1220 g/mol. The first kappa shape index (κ1) is 58.1. The van der Waals surface area contributed by atoms with Crippen LogP contribution in [0.25, 0.3) is 43.4 Å². The van der Waals surface area contributed by atoms with E-state index in [2.05, 4.69) is 46.3 Å². The minimum absolute atomic E-state index is 0.0196. The van der Waals surface area contributed by atoms with E-state index >= 15 is 0 Å². The molecule has 422 valence electrons. The molecule has 6 N–H and O–H groups in total. The number of aliphatic hydroxyl groups excluding tert-OH is 1. The molecule has 10 bridgehead atoms. The molecule has 4 atom stereocenters. The molecule has 22 nitrogen and oxygen atoms in total. The second kappa shape index (κ2) is 24.7. The number of carbonyl (C=O) groups excluding carboxylic acids is 6. The summed E-state index contributed by atoms with van der Waals surface area (Å²) in [4.78, 5) is 116. The van der Waals surface area contributed by atoms with E-state index in [4.69, 9.17) is 24.7 Å². The lowest BCUT2D eigenvalue weighted by Gasteiger charge is -2.23. The third-order valence-electron chi connectivity index (χ3n) is 12.1. The maximum Gasteiger partial charge on any atom is 0.576 e. The smallest absolute Gasteiger partial charge is 0.386 e. The number of aliphatic hydroxyl groups is 1. The number of ether oxygens (including phenoxy) is 2. The van der Waals surface area contributed by atoms with E-state index in [9.17, 15) is 47.0 Å². The Labute approximate surface area is 482 Å². The van der Waals surface area contributed by atoms with Crippen LogP contribution in [0.15, 0.2) is 64.0 Å². The highest BCUT2D eigenvalue weighted by Crippen LogP contribution is 2.40. The maximum atomic E-state index is 14.2. The molecule has 1 aliphatic rings. The summed E-state index contributed by atoms with van der Waals surface area (Å²) in [5, 5.41) is 33.8. The van der Waals surface area contributed by atoms with Gasteiger partial charge in [-0.2, -0.15) is 0 Å². The average Bonchev–Trinajstić information content (AvgIpc) is 4.40. The lowest BCUT2D eigenvalue weighted by atomic mass is 10.0. The molecular weight excluding hydrogens is 1180 g/mol. The van der Waals surface area contributed by atoms with Crippen molar-refractivity contribution < 1.29 is 56.5 Å². The lowest BCUT2D eigenvalue weighted by Crippen LogP contribution is -2.40. The van der Waals surface area contributed by atoms with Gasteiger partial charge in [0.05, 0.1) is 42.2 Å². The van der Waals surface area contributed by atoms with Crippen molar-refractivity contribution in [3.8, 4) is 43.4 Å². The number of thiazole rings is 6. The van der Waals surface area contributed by atoms with Gasteiger partial charge in [-0.3, -0.25) is 28.9 Å². The summed E-state index contributed by atoms with van der Waals surface area (Å²) in [6.45, 7) is 4.83. The van der Waals surface area contributed by atoms with Gasteiger partial charge in [0.1, 0.15) is 82.2 Å². The van der Waals surface area contributed by atoms with Crippen LogP contribution in [0.1, 0.15) is 106 Å². The van der Waals surface area contributed by atoms with Crippen LogP contribution in [-0.4, -0.2) is 110 Å². The Morgan fingerprint density at radius 3 is 2.16 bits per heavy atom. The quantitative estimate of drug-likeness (QED) is 0.0790. The number of hydrogen-bond donors (Lipinski definition) is 6. The van der Waals surface area contributed by atoms with Crippen molar-refractivity contribution in [1.82, 2.24) is 61.5 Å². The lowest BCUT2D eigenvalue weighted by molar-refractivity contribution is -0.290. The minimum atomic E-state index is -5.23. The number of alkyl halides is 3. The third kappa shape index (κ3) is 13.3. The van der Waals surface area contributed by atoms with Gasteiger partial charge in [0.25, 0.3) is 17.7 Å². The Morgan fingerprint density at radius 1 is 0.741 bits per heavy atom. The van der Waals surface area contributed by atoms with Gasteiger partial charge >= 0.3 is 12.5 Å². The highest BCUT2D eigenvalue weighted by Gasteiger charge is 2.37. The van der Waals surface area contributed by atoms with Crippen LogP contribution < -0.4 is 31.5 Å². The Bertz CT molecular complexity index is 3650. The second-order valence-electron chi connectivity index (χ2n) is 18.0. The largest absolute Gasteiger partial charge is 0.576 e. The van der Waals surface area contributed by atoms with E-state index < -0.39 is 72.8 Å². The number of benzene rings is 1. The Kier molecular flexibility index (Phi) is 17.7. The molecule has 31 heteroatoms. The molecular formula is C50H46F3N13O9S6. The number of fused-ring (bicyclic) bond motifs is 14. The highest BCUT2D eigenvalue weighted by atomic mass is 32.1. The normalized spacial score (nSPS) is 16.7. The van der Waals surface area contributed by atoms with Crippen molar-refractivity contribution in [3.05, 3.63) is 111 Å². The predicted octanol–water partition coefficient (Wildman–Crippen LogP) is 8.40. The fraction of sp³-hybridized carbons (Fsp3) is 0.300. The molecule has 7 aromatic heterocycles. The van der Waals surface area contributed by atoms with Gasteiger partial charge < -0.3 is 41.2 Å². The fourth-order valence-electron chi connectivity index (χ4n) is 7.99. The van der Waals surface area contributed by atoms with E-state index in [1.807, 2.05) is 13.8 Å². The molecule has 6 amide bonds. The van der Waals surface area contributed by atoms with Crippen molar-refractivity contribution in [2.24, 2.45) is 5.92 Å². The number of methoxy groups -OCH3 is 1. The van der Waals surface area contributed by atoms with Gasteiger partial charge in [0.15, 0.2) is 0 Å². The summed E-state index contributed by atoms with van der Waals surface area (Å²) in [5.74, 6) is -3.50. The van der Waals surface area contributed by atoms with Crippen LogP contribution in [0.4, 0.5) is 23.8 Å². The highest BCUT2D eigenvalue weighted by molar-refractivity contribution is 7.15. The number of halogens is 3. The number of pyridine rings is 1. The minimum Gasteiger partial charge on any atom is -0.386 e. The molecule has 1 aromatic carbocycles. The van der Waals surface area contributed by atoms with Crippen molar-refractivity contribution >= 4 is 109 Å². The number of nitrogens with zero attached hydrogens (tertiary/aromatic N) is 8. The van der Waals surface area contributed by atoms with Crippen molar-refractivity contribution in [2.45, 2.75) is 64.4 Å². The summed E-state index contributed by atoms with van der Waals surface area (Å²) in [6, 6.07) is 8.92. The summed E-state index contributed by atoms with van der Waals surface area (Å²) < 4.78 is 47.8. The Morgan fingerprint density at radius 2 is 1.43 bits per heavy atom. The third-order valence-corrected chi connectivity index (χ3v) is 17.8. The number of nitrogens with one attached hydrogen (secondary N) is 5. The van der Waals surface area contributed by atoms with Crippen LogP contribution in [0, 0.1) is 12.8 Å². The van der Waals surface area contributed by atoms with E-state index in [1.165, 1.54) is 36.3 Å². The van der Waals surface area contributed by atoms with Crippen LogP contribution in [0.3, 0.4) is 0 Å². The summed E-state index contributed by atoms with van der Waals surface area (Å²) in [5.41, 5.74) is 1.92. The zero-order valence-corrected chi connectivity index (χ0v) is 48.1. The fourth-order valence-corrected chi connectivity index (χ4v) is 13.6. The van der Waals surface area contributed by atoms with E-state index in [0.29, 0.717) is 52.2 Å². The first-order chi connectivity index (χ1) is 38.7. The maximum absolute atomic E-state index is 14.2. The molecule has 0 radical (unpaired) electrons. The molecule has 0 fully saturated rings. The number of aryl methyl sites for hydroxylation is 1. The van der Waals surface area contributed by atoms with Gasteiger partial charge in [0, 0.05) is 53.2 Å². The number of amides is 6. The summed E-state index contributed by atoms with van der Waals surface area (Å²) in [6.07, 6.45) is -8.52. The first-order valence-corrected chi connectivity index (χ1v) is 29.3. The molecule has 8 aromatic rings. The Balaban J connectivity index is 1.13. The molecule has 0 aliphatic carbocycles. The molecule has 0 unspecified atom stereocenters. The van der Waals surface area contributed by atoms with Gasteiger partial charge in [-0.05, 0) is 30.5 Å². The number of anilines is 1. The van der Waals surface area contributed by atoms with Crippen molar-refractivity contribution in [3.63, 3.8) is 0 Å². The van der Waals surface area contributed by atoms with Crippen molar-refractivity contribution in [1.29, 1.82) is 0 Å². The van der Waals surface area contributed by atoms with Crippen molar-refractivity contribution in [2.75, 3.05) is 32.6 Å². The van der Waals surface area contributed by atoms with Crippen LogP contribution in [0.5, 0.6) is 0 Å². The molecule has 1 aliphatic heterocycles. The topological polar surface area (TPSA) is 295 Å². The van der Waals surface area contributed by atoms with Gasteiger partial charge in [-0.15, -0.1) is 81.2 Å². The van der Waals surface area contributed by atoms with Crippen LogP contribution in [0.2, 0.25) is 0 Å². The number of rotatable bonds is 9. The molecule has 0 saturated carbocycles. The van der Waals surface area contributed by atoms with Gasteiger partial charge in [0.2, 0.25) is 11.8 Å². The zero-order valence-electron chi connectivity index (χ0n) is 43.2. The van der Waals surface area contributed by atoms with Gasteiger partial charge in [-0.1, -0.05) is 44.2 Å². The van der Waals surface area contributed by atoms with Gasteiger partial charge in [-0.25, -0.2) is 39.7 Å². The number of hydrogen-bond acceptors (Lipinski definition) is 22. The summed E-state index contributed by atoms with van der Waals surface area (Å²) in [7, 11) is 3.96. The average molecular weight is 1220 g/mol. The SMILES string of the molecule is CNC(=O)C[C@@H]1NC(=O)c2csc(n2)-c2ccc(-c3nc(N(C)C(=O)OC(F)(F)F)cs3)nc2-c2csc(n2)-c2csc(n2)[C@H]([C@@H](O)c2ccccc2)NC(=O)CNC(=O)c2nc(sc2COC)[C@H](C(C)C)NC(=O)c2nc1sc2C. The standard InChI is InChI=1S/C50H46F3N13O9S6/c1-21(2)34-48-65-37(30(81-48)16-74-6)41(71)55-15-33(68)62-38(39(69)23-10-8-7-9-11-23)47-60-29(19-78-47)45-58-27(17-77-45)36-24(12-13-25(56-36)44-61-31(20-79-44)66(5)49(73)75-50(51,52)53)43-59-28(18-76-43)40(70)57-26(14-32(67)54-4)46-64-35(22(3)80-46)42(72)63-34/h7-13,17-21,26,34,38-39,69H,14-16H2,1-6H3,(H,54,67)(H,55,71)(H,57,70)(H,62,68)(H,63,72)/t26-,34-,38-,39-/m0/s1. The molecule has 0 spiro atoms. The van der Waals surface area contributed by atoms with E-state index in [-0.39, 0.29) is 68.3 Å². The van der Waals surface area contributed by atoms with E-state index in [0.717, 1.165) is 63.7 Å². The first-order valence-electron chi connectivity index (χ1n) is 24.1. The molecule has 9 rings (SSSR count). The number of carbonyl (C=O) groups is 6. The van der Waals surface area contributed by atoms with Crippen LogP contribution >= 0.6 is 68.0 Å². The molecule has 0 saturated heterocycles. The van der Waals surface area contributed by atoms with Crippen LogP contribution in [-0.2, 0) is 25.7 Å². The van der Waals surface area contributed by atoms with E-state index in [1.54, 1.807) is 60.1 Å². The Hall–Kier alpha value is -7.52. The molecule has 81 heavy (non-hydrogen) atoms. The predicted molar refractivity (Wildman–Crippen MR) is 298 cm³/mol. The molecule has 8 heterocycles.